The van der Waals surface area contributed by atoms with Crippen molar-refractivity contribution in [1.82, 2.24) is 4.31 Å². The number of ether oxygens (including phenoxy) is 1. The van der Waals surface area contributed by atoms with Gasteiger partial charge in [-0.3, -0.25) is 9.10 Å². The molecule has 0 radical (unpaired) electrons. The lowest BCUT2D eigenvalue weighted by molar-refractivity contribution is -0.126. The molecular formula is C33H35NO4S. The van der Waals surface area contributed by atoms with Gasteiger partial charge in [-0.25, -0.2) is 8.42 Å². The van der Waals surface area contributed by atoms with E-state index in [0.29, 0.717) is 11.5 Å². The van der Waals surface area contributed by atoms with Crippen LogP contribution < -0.4 is 0 Å². The number of Topliss-reactive ketones (excluding diaryl/α,β-unsaturated/α-hetero) is 1. The van der Waals surface area contributed by atoms with Crippen LogP contribution in [0.25, 0.3) is 0 Å². The highest BCUT2D eigenvalue weighted by atomic mass is 32.2. The van der Waals surface area contributed by atoms with Crippen LogP contribution in [-0.4, -0.2) is 25.6 Å². The molecule has 2 bridgehead atoms. The summed E-state index contributed by atoms with van der Waals surface area (Å²) < 4.78 is 36.7. The topological polar surface area (TPSA) is 63.7 Å². The molecule has 1 aliphatic heterocycles. The number of rotatable bonds is 5. The standard InChI is InChI=1S/C33H35NO4S/c1-19-11-15-23(16-12-19)26-21(3)28-27-22(4)30(24-17-13-20(2)14-18-24)34(31(27)33(38-5)29(26)32(28)35)39(36,37)25-9-7-6-8-10-25/h6-18,21-22,26-30H,1-5H3/t21-,22+,26+,27-,28-,29-,30+/m1/s1. The van der Waals surface area contributed by atoms with E-state index >= 15 is 0 Å². The predicted molar refractivity (Wildman–Crippen MR) is 151 cm³/mol. The van der Waals surface area contributed by atoms with Gasteiger partial charge in [0.05, 0.1) is 29.7 Å². The lowest BCUT2D eigenvalue weighted by Crippen LogP contribution is -2.37. The monoisotopic (exact) mass is 541 g/mol. The van der Waals surface area contributed by atoms with Gasteiger partial charge in [0.1, 0.15) is 11.5 Å². The van der Waals surface area contributed by atoms with Crippen molar-refractivity contribution in [3.8, 4) is 0 Å². The van der Waals surface area contributed by atoms with E-state index in [1.807, 2.05) is 37.3 Å². The molecule has 0 spiro atoms. The molecule has 7 atom stereocenters. The Morgan fingerprint density at radius 2 is 1.28 bits per heavy atom. The Bertz CT molecular complexity index is 1540. The van der Waals surface area contributed by atoms with E-state index in [1.165, 1.54) is 0 Å². The molecule has 39 heavy (non-hydrogen) atoms. The van der Waals surface area contributed by atoms with E-state index in [9.17, 15) is 13.2 Å². The van der Waals surface area contributed by atoms with Crippen molar-refractivity contribution in [3.05, 3.63) is 113 Å². The van der Waals surface area contributed by atoms with Gasteiger partial charge in [0.25, 0.3) is 10.0 Å². The Hall–Kier alpha value is -3.38. The Kier molecular flexibility index (Phi) is 6.22. The van der Waals surface area contributed by atoms with Gasteiger partial charge in [0, 0.05) is 17.8 Å². The van der Waals surface area contributed by atoms with Crippen LogP contribution in [0.15, 0.2) is 95.2 Å². The third kappa shape index (κ3) is 3.79. The van der Waals surface area contributed by atoms with E-state index in [2.05, 4.69) is 45.0 Å². The van der Waals surface area contributed by atoms with E-state index in [0.717, 1.165) is 22.3 Å². The number of carbonyl (C=O) groups is 1. The molecule has 2 fully saturated rings. The molecule has 202 valence electrons. The molecule has 0 N–H and O–H groups in total. The fourth-order valence-corrected chi connectivity index (χ4v) is 9.37. The largest absolute Gasteiger partial charge is 0.498 e. The average molecular weight is 542 g/mol. The van der Waals surface area contributed by atoms with E-state index in [1.54, 1.807) is 35.7 Å². The van der Waals surface area contributed by atoms with Gasteiger partial charge < -0.3 is 4.74 Å². The Morgan fingerprint density at radius 3 is 1.85 bits per heavy atom. The van der Waals surface area contributed by atoms with Crippen molar-refractivity contribution in [2.75, 3.05) is 7.11 Å². The summed E-state index contributed by atoms with van der Waals surface area (Å²) in [4.78, 5) is 14.4. The SMILES string of the molecule is COC1=C2[C@H]([C@H](C)[C@@H](c3ccc(C)cc3)N2S(=O)(=O)c2ccccc2)[C@@H]2C(=O)[C@H]1[C@H](c1ccc(C)cc1)[C@H]2C. The molecule has 2 aliphatic carbocycles. The summed E-state index contributed by atoms with van der Waals surface area (Å²) in [5.41, 5.74) is 4.96. The van der Waals surface area contributed by atoms with Crippen LogP contribution in [0.5, 0.6) is 0 Å². The molecule has 0 amide bonds. The van der Waals surface area contributed by atoms with Crippen LogP contribution in [-0.2, 0) is 19.6 Å². The number of aryl methyl sites for hydroxylation is 2. The van der Waals surface area contributed by atoms with Crippen molar-refractivity contribution >= 4 is 15.8 Å². The number of ketones is 1. The molecule has 6 heteroatoms. The quantitative estimate of drug-likeness (QED) is 0.375. The number of methoxy groups -OCH3 is 1. The summed E-state index contributed by atoms with van der Waals surface area (Å²) >= 11 is 0. The minimum Gasteiger partial charge on any atom is -0.498 e. The maximum atomic E-state index is 14.5. The van der Waals surface area contributed by atoms with Crippen LogP contribution in [0, 0.1) is 43.4 Å². The third-order valence-electron chi connectivity index (χ3n) is 9.32. The van der Waals surface area contributed by atoms with Crippen molar-refractivity contribution in [1.29, 1.82) is 0 Å². The minimum atomic E-state index is -3.95. The summed E-state index contributed by atoms with van der Waals surface area (Å²) in [7, 11) is -2.37. The zero-order chi connectivity index (χ0) is 27.6. The molecule has 0 unspecified atom stereocenters. The second-order valence-corrected chi connectivity index (χ2v) is 13.3. The van der Waals surface area contributed by atoms with E-state index < -0.39 is 22.0 Å². The first kappa shape index (κ1) is 25.9. The van der Waals surface area contributed by atoms with Crippen LogP contribution >= 0.6 is 0 Å². The number of sulfonamides is 1. The predicted octanol–water partition coefficient (Wildman–Crippen LogP) is 6.41. The van der Waals surface area contributed by atoms with Crippen molar-refractivity contribution in [2.45, 2.75) is 44.6 Å². The van der Waals surface area contributed by atoms with Gasteiger partial charge in [-0.05, 0) is 48.9 Å². The highest BCUT2D eigenvalue weighted by molar-refractivity contribution is 7.89. The Morgan fingerprint density at radius 1 is 0.718 bits per heavy atom. The Labute approximate surface area is 231 Å². The molecular weight excluding hydrogens is 506 g/mol. The second kappa shape index (κ2) is 9.37. The number of allylic oxidation sites excluding steroid dienone is 2. The smallest absolute Gasteiger partial charge is 0.264 e. The minimum absolute atomic E-state index is 0.0401. The number of fused-ring (bicyclic) bond motifs is 4. The molecule has 1 heterocycles. The normalized spacial score (nSPS) is 30.0. The van der Waals surface area contributed by atoms with E-state index in [4.69, 9.17) is 4.74 Å². The van der Waals surface area contributed by atoms with Gasteiger partial charge in [-0.15, -0.1) is 0 Å². The van der Waals surface area contributed by atoms with Crippen LogP contribution in [0.3, 0.4) is 0 Å². The van der Waals surface area contributed by atoms with Gasteiger partial charge >= 0.3 is 0 Å². The number of carbonyl (C=O) groups excluding carboxylic acids is 1. The molecule has 6 rings (SSSR count). The van der Waals surface area contributed by atoms with Crippen molar-refractivity contribution in [2.24, 2.45) is 29.6 Å². The zero-order valence-electron chi connectivity index (χ0n) is 23.0. The number of benzene rings is 3. The first-order valence-corrected chi connectivity index (χ1v) is 15.1. The van der Waals surface area contributed by atoms with Crippen LogP contribution in [0.4, 0.5) is 0 Å². The number of nitrogens with zero attached hydrogens (tertiary/aromatic N) is 1. The van der Waals surface area contributed by atoms with Gasteiger partial charge in [0.15, 0.2) is 0 Å². The number of hydrogen-bond acceptors (Lipinski definition) is 4. The zero-order valence-corrected chi connectivity index (χ0v) is 23.9. The summed E-state index contributed by atoms with van der Waals surface area (Å²) in [6, 6.07) is 24.6. The number of hydrogen-bond donors (Lipinski definition) is 0. The Balaban J connectivity index is 1.60. The van der Waals surface area contributed by atoms with Gasteiger partial charge in [-0.2, -0.15) is 0 Å². The first-order chi connectivity index (χ1) is 18.7. The molecule has 3 aromatic carbocycles. The third-order valence-corrected chi connectivity index (χ3v) is 11.1. The van der Waals surface area contributed by atoms with Gasteiger partial charge in [0.2, 0.25) is 0 Å². The summed E-state index contributed by atoms with van der Waals surface area (Å²) in [5.74, 6) is -0.528. The van der Waals surface area contributed by atoms with Crippen LogP contribution in [0.2, 0.25) is 0 Å². The average Bonchev–Trinajstić information content (AvgIpc) is 3.32. The molecule has 1 saturated heterocycles. The summed E-state index contributed by atoms with van der Waals surface area (Å²) in [6.07, 6.45) is 0. The summed E-state index contributed by atoms with van der Waals surface area (Å²) in [6.45, 7) is 8.33. The lowest BCUT2D eigenvalue weighted by atomic mass is 9.72. The first-order valence-electron chi connectivity index (χ1n) is 13.7. The second-order valence-electron chi connectivity index (χ2n) is 11.5. The van der Waals surface area contributed by atoms with Gasteiger partial charge in [-0.1, -0.05) is 91.7 Å². The molecule has 0 aromatic heterocycles. The molecule has 5 nitrogen and oxygen atoms in total. The molecule has 3 aliphatic rings. The van der Waals surface area contributed by atoms with Crippen LogP contribution in [0.1, 0.15) is 48.1 Å². The highest BCUT2D eigenvalue weighted by Gasteiger charge is 2.65. The lowest BCUT2D eigenvalue weighted by Gasteiger charge is -2.33. The fraction of sp³-hybridized carbons (Fsp3) is 0.364. The van der Waals surface area contributed by atoms with Crippen molar-refractivity contribution < 1.29 is 17.9 Å². The van der Waals surface area contributed by atoms with E-state index in [-0.39, 0.29) is 40.3 Å². The maximum Gasteiger partial charge on any atom is 0.264 e. The molecule has 3 aromatic rings. The maximum absolute atomic E-state index is 14.5. The summed E-state index contributed by atoms with van der Waals surface area (Å²) in [5, 5.41) is 0. The highest BCUT2D eigenvalue weighted by Crippen LogP contribution is 2.64. The molecule has 1 saturated carbocycles. The van der Waals surface area contributed by atoms with Crippen molar-refractivity contribution in [3.63, 3.8) is 0 Å². The fourth-order valence-electron chi connectivity index (χ4n) is 7.56.